The fourth-order valence-electron chi connectivity index (χ4n) is 1.62. The number of carbonyl (C=O) groups is 1. The molecule has 2 rings (SSSR count). The number of nitrogens with one attached hydrogen (secondary N) is 1. The third-order valence-electron chi connectivity index (χ3n) is 2.93. The maximum Gasteiger partial charge on any atom is 0.251 e. The molecule has 0 unspecified atom stereocenters. The molecule has 0 aliphatic carbocycles. The minimum Gasteiger partial charge on any atom is -0.348 e. The van der Waals surface area contributed by atoms with Crippen LogP contribution in [0.15, 0.2) is 34.1 Å². The standard InChI is InChI=1S/C14H14BrNOS/c1-9-10(2)18-8-12(9)7-16-14(17)11-3-5-13(15)6-4-11/h3-6,8H,7H2,1-2H3,(H,16,17). The SMILES string of the molecule is Cc1scc(CNC(=O)c2ccc(Br)cc2)c1C. The molecule has 2 aromatic rings. The van der Waals surface area contributed by atoms with Crippen molar-refractivity contribution in [2.24, 2.45) is 0 Å². The highest BCUT2D eigenvalue weighted by molar-refractivity contribution is 9.10. The van der Waals surface area contributed by atoms with Gasteiger partial charge in [0, 0.05) is 21.5 Å². The lowest BCUT2D eigenvalue weighted by Crippen LogP contribution is -2.22. The van der Waals surface area contributed by atoms with Crippen molar-refractivity contribution in [3.63, 3.8) is 0 Å². The lowest BCUT2D eigenvalue weighted by molar-refractivity contribution is 0.0951. The predicted molar refractivity (Wildman–Crippen MR) is 79.1 cm³/mol. The van der Waals surface area contributed by atoms with Gasteiger partial charge in [0.25, 0.3) is 5.91 Å². The van der Waals surface area contributed by atoms with Gasteiger partial charge in [-0.05, 0) is 54.6 Å². The zero-order valence-electron chi connectivity index (χ0n) is 10.3. The molecule has 94 valence electrons. The third-order valence-corrected chi connectivity index (χ3v) is 4.52. The third kappa shape index (κ3) is 3.00. The van der Waals surface area contributed by atoms with Crippen LogP contribution in [0.5, 0.6) is 0 Å². The maximum atomic E-state index is 11.9. The van der Waals surface area contributed by atoms with Crippen LogP contribution in [0.1, 0.15) is 26.4 Å². The number of amides is 1. The number of carbonyl (C=O) groups excluding carboxylic acids is 1. The van der Waals surface area contributed by atoms with Gasteiger partial charge in [0.1, 0.15) is 0 Å². The van der Waals surface area contributed by atoms with Crippen molar-refractivity contribution in [3.8, 4) is 0 Å². The molecular formula is C14H14BrNOS. The van der Waals surface area contributed by atoms with Gasteiger partial charge in [0.2, 0.25) is 0 Å². The quantitative estimate of drug-likeness (QED) is 0.906. The first-order chi connectivity index (χ1) is 8.58. The molecule has 0 bridgehead atoms. The largest absolute Gasteiger partial charge is 0.348 e. The molecule has 1 amide bonds. The number of benzene rings is 1. The molecule has 0 aliphatic rings. The van der Waals surface area contributed by atoms with Crippen molar-refractivity contribution >= 4 is 33.2 Å². The molecule has 0 atom stereocenters. The smallest absolute Gasteiger partial charge is 0.251 e. The van der Waals surface area contributed by atoms with Gasteiger partial charge in [-0.3, -0.25) is 4.79 Å². The van der Waals surface area contributed by atoms with E-state index in [1.54, 1.807) is 11.3 Å². The summed E-state index contributed by atoms with van der Waals surface area (Å²) in [7, 11) is 0. The highest BCUT2D eigenvalue weighted by atomic mass is 79.9. The summed E-state index contributed by atoms with van der Waals surface area (Å²) >= 11 is 5.08. The van der Waals surface area contributed by atoms with E-state index in [4.69, 9.17) is 0 Å². The van der Waals surface area contributed by atoms with Crippen molar-refractivity contribution in [3.05, 3.63) is 55.7 Å². The Kier molecular flexibility index (Phi) is 4.19. The molecular weight excluding hydrogens is 310 g/mol. The van der Waals surface area contributed by atoms with Crippen LogP contribution in [0.4, 0.5) is 0 Å². The Hall–Kier alpha value is -1.13. The number of thiophene rings is 1. The van der Waals surface area contributed by atoms with E-state index in [0.717, 1.165) is 4.47 Å². The first-order valence-electron chi connectivity index (χ1n) is 5.65. The molecule has 0 saturated heterocycles. The van der Waals surface area contributed by atoms with Crippen LogP contribution in [0, 0.1) is 13.8 Å². The number of hydrogen-bond acceptors (Lipinski definition) is 2. The van der Waals surface area contributed by atoms with E-state index >= 15 is 0 Å². The molecule has 1 aromatic heterocycles. The Morgan fingerprint density at radius 3 is 2.50 bits per heavy atom. The second-order valence-corrected chi connectivity index (χ2v) is 6.13. The van der Waals surface area contributed by atoms with Gasteiger partial charge in [-0.1, -0.05) is 15.9 Å². The number of hydrogen-bond donors (Lipinski definition) is 1. The van der Waals surface area contributed by atoms with Gasteiger partial charge >= 0.3 is 0 Å². The summed E-state index contributed by atoms with van der Waals surface area (Å²) in [5.41, 5.74) is 3.15. The Morgan fingerprint density at radius 2 is 1.94 bits per heavy atom. The molecule has 1 aromatic carbocycles. The second kappa shape index (κ2) is 5.67. The minimum atomic E-state index is -0.0363. The highest BCUT2D eigenvalue weighted by Crippen LogP contribution is 2.20. The molecule has 0 fully saturated rings. The zero-order valence-corrected chi connectivity index (χ0v) is 12.7. The van der Waals surface area contributed by atoms with Crippen LogP contribution in [-0.4, -0.2) is 5.91 Å². The van der Waals surface area contributed by atoms with Crippen LogP contribution in [0.3, 0.4) is 0 Å². The average Bonchev–Trinajstić information content (AvgIpc) is 2.68. The monoisotopic (exact) mass is 323 g/mol. The number of halogens is 1. The molecule has 1 N–H and O–H groups in total. The highest BCUT2D eigenvalue weighted by Gasteiger charge is 2.07. The summed E-state index contributed by atoms with van der Waals surface area (Å²) in [4.78, 5) is 13.2. The average molecular weight is 324 g/mol. The summed E-state index contributed by atoms with van der Waals surface area (Å²) < 4.78 is 0.975. The van der Waals surface area contributed by atoms with E-state index in [0.29, 0.717) is 12.1 Å². The molecule has 0 radical (unpaired) electrons. The van der Waals surface area contributed by atoms with Crippen molar-refractivity contribution in [2.45, 2.75) is 20.4 Å². The molecule has 0 saturated carbocycles. The van der Waals surface area contributed by atoms with E-state index in [-0.39, 0.29) is 5.91 Å². The van der Waals surface area contributed by atoms with E-state index < -0.39 is 0 Å². The van der Waals surface area contributed by atoms with Crippen LogP contribution in [0.25, 0.3) is 0 Å². The van der Waals surface area contributed by atoms with Gasteiger partial charge in [0.15, 0.2) is 0 Å². The van der Waals surface area contributed by atoms with Gasteiger partial charge in [0.05, 0.1) is 0 Å². The van der Waals surface area contributed by atoms with Crippen LogP contribution < -0.4 is 5.32 Å². The molecule has 18 heavy (non-hydrogen) atoms. The summed E-state index contributed by atoms with van der Waals surface area (Å²) in [6, 6.07) is 7.36. The number of rotatable bonds is 3. The summed E-state index contributed by atoms with van der Waals surface area (Å²) in [6.07, 6.45) is 0. The van der Waals surface area contributed by atoms with Gasteiger partial charge < -0.3 is 5.32 Å². The van der Waals surface area contributed by atoms with E-state index in [1.807, 2.05) is 24.3 Å². The first-order valence-corrected chi connectivity index (χ1v) is 7.32. The Labute approximate surface area is 119 Å². The van der Waals surface area contributed by atoms with Crippen molar-refractivity contribution in [2.75, 3.05) is 0 Å². The molecule has 1 heterocycles. The topological polar surface area (TPSA) is 29.1 Å². The second-order valence-electron chi connectivity index (χ2n) is 4.13. The van der Waals surface area contributed by atoms with E-state index in [9.17, 15) is 4.79 Å². The molecule has 4 heteroatoms. The van der Waals surface area contributed by atoms with Crippen molar-refractivity contribution < 1.29 is 4.79 Å². The summed E-state index contributed by atoms with van der Waals surface area (Å²) in [5, 5.41) is 5.04. The molecule has 2 nitrogen and oxygen atoms in total. The Balaban J connectivity index is 2.00. The fourth-order valence-corrected chi connectivity index (χ4v) is 2.77. The maximum absolute atomic E-state index is 11.9. The lowest BCUT2D eigenvalue weighted by atomic mass is 10.1. The fraction of sp³-hybridized carbons (Fsp3) is 0.214. The van der Waals surface area contributed by atoms with E-state index in [2.05, 4.69) is 40.5 Å². The predicted octanol–water partition coefficient (Wildman–Crippen LogP) is 4.06. The van der Waals surface area contributed by atoms with Crippen LogP contribution in [-0.2, 0) is 6.54 Å². The number of aryl methyl sites for hydroxylation is 1. The summed E-state index contributed by atoms with van der Waals surface area (Å²) in [6.45, 7) is 4.78. The molecule has 0 aliphatic heterocycles. The van der Waals surface area contributed by atoms with Gasteiger partial charge in [-0.2, -0.15) is 0 Å². The van der Waals surface area contributed by atoms with Crippen LogP contribution >= 0.6 is 27.3 Å². The lowest BCUT2D eigenvalue weighted by Gasteiger charge is -2.05. The zero-order chi connectivity index (χ0) is 13.1. The summed E-state index contributed by atoms with van der Waals surface area (Å²) in [5.74, 6) is -0.0363. The van der Waals surface area contributed by atoms with Crippen molar-refractivity contribution in [1.29, 1.82) is 0 Å². The van der Waals surface area contributed by atoms with Crippen molar-refractivity contribution in [1.82, 2.24) is 5.32 Å². The Bertz CT molecular complexity index is 560. The normalized spacial score (nSPS) is 10.4. The van der Waals surface area contributed by atoms with Gasteiger partial charge in [-0.15, -0.1) is 11.3 Å². The Morgan fingerprint density at radius 1 is 1.28 bits per heavy atom. The minimum absolute atomic E-state index is 0.0363. The van der Waals surface area contributed by atoms with E-state index in [1.165, 1.54) is 16.0 Å². The van der Waals surface area contributed by atoms with Gasteiger partial charge in [-0.25, -0.2) is 0 Å². The first kappa shape index (κ1) is 13.3. The van der Waals surface area contributed by atoms with Crippen LogP contribution in [0.2, 0.25) is 0 Å². The molecule has 0 spiro atoms.